The SMILES string of the molecule is NC(=O)CC#Cc1ccc(Br)cc1. The quantitative estimate of drug-likeness (QED) is 0.743. The molecular weight excluding hydrogens is 230 g/mol. The van der Waals surface area contributed by atoms with Crippen LogP contribution in [0.15, 0.2) is 28.7 Å². The lowest BCUT2D eigenvalue weighted by atomic mass is 10.2. The number of hydrogen-bond acceptors (Lipinski definition) is 1. The van der Waals surface area contributed by atoms with E-state index in [-0.39, 0.29) is 6.42 Å². The summed E-state index contributed by atoms with van der Waals surface area (Å²) in [4.78, 5) is 10.4. The van der Waals surface area contributed by atoms with Gasteiger partial charge in [-0.3, -0.25) is 4.79 Å². The van der Waals surface area contributed by atoms with Crippen LogP contribution in [0.2, 0.25) is 0 Å². The number of halogens is 1. The predicted molar refractivity (Wildman–Crippen MR) is 54.8 cm³/mol. The zero-order valence-electron chi connectivity index (χ0n) is 6.88. The number of carbonyl (C=O) groups excluding carboxylic acids is 1. The van der Waals surface area contributed by atoms with Crippen LogP contribution in [0.1, 0.15) is 12.0 Å². The van der Waals surface area contributed by atoms with Crippen LogP contribution < -0.4 is 5.73 Å². The summed E-state index contributed by atoms with van der Waals surface area (Å²) in [5, 5.41) is 0. The molecule has 0 aromatic heterocycles. The fraction of sp³-hybridized carbons (Fsp3) is 0.100. The largest absolute Gasteiger partial charge is 0.369 e. The van der Waals surface area contributed by atoms with Crippen molar-refractivity contribution in [2.75, 3.05) is 0 Å². The van der Waals surface area contributed by atoms with E-state index in [0.29, 0.717) is 0 Å². The molecular formula is C10H8BrNO. The molecule has 1 rings (SSSR count). The standard InChI is InChI=1S/C10H8BrNO/c11-9-6-4-8(5-7-9)2-1-3-10(12)13/h4-7H,3H2,(H2,12,13). The number of carbonyl (C=O) groups is 1. The van der Waals surface area contributed by atoms with E-state index in [1.807, 2.05) is 24.3 Å². The minimum absolute atomic E-state index is 0.107. The Labute approximate surface area is 85.3 Å². The van der Waals surface area contributed by atoms with Crippen LogP contribution in [-0.4, -0.2) is 5.91 Å². The number of hydrogen-bond donors (Lipinski definition) is 1. The van der Waals surface area contributed by atoms with Crippen molar-refractivity contribution in [3.8, 4) is 11.8 Å². The molecule has 0 fully saturated rings. The Kier molecular flexibility index (Phi) is 3.53. The van der Waals surface area contributed by atoms with Gasteiger partial charge in [0.15, 0.2) is 0 Å². The molecule has 0 saturated heterocycles. The number of benzene rings is 1. The van der Waals surface area contributed by atoms with Crippen molar-refractivity contribution in [1.29, 1.82) is 0 Å². The number of amides is 1. The Hall–Kier alpha value is -1.27. The van der Waals surface area contributed by atoms with Gasteiger partial charge in [0.2, 0.25) is 5.91 Å². The molecule has 3 heteroatoms. The molecule has 0 bridgehead atoms. The molecule has 0 aliphatic carbocycles. The Balaban J connectivity index is 2.67. The van der Waals surface area contributed by atoms with Gasteiger partial charge < -0.3 is 5.73 Å². The first kappa shape index (κ1) is 9.82. The maximum Gasteiger partial charge on any atom is 0.229 e. The third kappa shape index (κ3) is 3.77. The molecule has 0 heterocycles. The summed E-state index contributed by atoms with van der Waals surface area (Å²) < 4.78 is 1.01. The Morgan fingerprint density at radius 1 is 1.38 bits per heavy atom. The molecule has 1 aromatic rings. The smallest absolute Gasteiger partial charge is 0.229 e. The molecule has 0 atom stereocenters. The van der Waals surface area contributed by atoms with E-state index in [0.717, 1.165) is 10.0 Å². The fourth-order valence-corrected chi connectivity index (χ4v) is 1.03. The molecule has 13 heavy (non-hydrogen) atoms. The van der Waals surface area contributed by atoms with E-state index in [2.05, 4.69) is 27.8 Å². The van der Waals surface area contributed by atoms with Crippen molar-refractivity contribution in [3.63, 3.8) is 0 Å². The third-order valence-corrected chi connectivity index (χ3v) is 1.87. The minimum Gasteiger partial charge on any atom is -0.369 e. The highest BCUT2D eigenvalue weighted by Crippen LogP contribution is 2.09. The van der Waals surface area contributed by atoms with E-state index in [1.165, 1.54) is 0 Å². The van der Waals surface area contributed by atoms with Gasteiger partial charge in [0.1, 0.15) is 0 Å². The van der Waals surface area contributed by atoms with Crippen LogP contribution >= 0.6 is 15.9 Å². The second-order valence-corrected chi connectivity index (χ2v) is 3.37. The Morgan fingerprint density at radius 2 is 2.00 bits per heavy atom. The average Bonchev–Trinajstić information content (AvgIpc) is 2.08. The van der Waals surface area contributed by atoms with E-state index < -0.39 is 5.91 Å². The number of rotatable bonds is 1. The van der Waals surface area contributed by atoms with E-state index >= 15 is 0 Å². The van der Waals surface area contributed by atoms with Crippen molar-refractivity contribution in [1.82, 2.24) is 0 Å². The summed E-state index contributed by atoms with van der Waals surface area (Å²) in [7, 11) is 0. The molecule has 0 radical (unpaired) electrons. The summed E-state index contributed by atoms with van der Waals surface area (Å²) in [5.74, 6) is 5.11. The lowest BCUT2D eigenvalue weighted by Crippen LogP contribution is -2.08. The van der Waals surface area contributed by atoms with E-state index in [4.69, 9.17) is 5.73 Å². The van der Waals surface area contributed by atoms with Gasteiger partial charge in [-0.2, -0.15) is 0 Å². The molecule has 66 valence electrons. The number of nitrogens with two attached hydrogens (primary N) is 1. The molecule has 0 unspecified atom stereocenters. The van der Waals surface area contributed by atoms with Crippen molar-refractivity contribution < 1.29 is 4.79 Å². The monoisotopic (exact) mass is 237 g/mol. The van der Waals surface area contributed by atoms with Crippen LogP contribution in [-0.2, 0) is 4.79 Å². The second-order valence-electron chi connectivity index (χ2n) is 2.45. The third-order valence-electron chi connectivity index (χ3n) is 1.34. The lowest BCUT2D eigenvalue weighted by Gasteiger charge is -1.89. The van der Waals surface area contributed by atoms with Gasteiger partial charge in [-0.05, 0) is 24.3 Å². The summed E-state index contributed by atoms with van der Waals surface area (Å²) in [5.41, 5.74) is 5.81. The van der Waals surface area contributed by atoms with Crippen LogP contribution in [0.25, 0.3) is 0 Å². The fourth-order valence-electron chi connectivity index (χ4n) is 0.767. The van der Waals surface area contributed by atoms with Gasteiger partial charge >= 0.3 is 0 Å². The van der Waals surface area contributed by atoms with Gasteiger partial charge in [0, 0.05) is 10.0 Å². The molecule has 0 aliphatic rings. The zero-order chi connectivity index (χ0) is 9.68. The van der Waals surface area contributed by atoms with Crippen LogP contribution in [0.3, 0.4) is 0 Å². The normalized spacial score (nSPS) is 8.69. The molecule has 1 aromatic carbocycles. The van der Waals surface area contributed by atoms with E-state index in [1.54, 1.807) is 0 Å². The van der Waals surface area contributed by atoms with Gasteiger partial charge in [0.05, 0.1) is 6.42 Å². The first-order valence-corrected chi connectivity index (χ1v) is 4.50. The maximum atomic E-state index is 10.4. The summed E-state index contributed by atoms with van der Waals surface area (Å²) in [6.07, 6.45) is 0.107. The van der Waals surface area contributed by atoms with Crippen LogP contribution in [0.4, 0.5) is 0 Å². The zero-order valence-corrected chi connectivity index (χ0v) is 8.47. The average molecular weight is 238 g/mol. The first-order chi connectivity index (χ1) is 6.18. The van der Waals surface area contributed by atoms with Crippen molar-refractivity contribution in [3.05, 3.63) is 34.3 Å². The van der Waals surface area contributed by atoms with Crippen molar-refractivity contribution in [2.24, 2.45) is 5.73 Å². The Bertz CT molecular complexity index is 359. The minimum atomic E-state index is -0.399. The van der Waals surface area contributed by atoms with Crippen LogP contribution in [0.5, 0.6) is 0 Å². The predicted octanol–water partition coefficient (Wildman–Crippen LogP) is 1.68. The second kappa shape index (κ2) is 4.68. The summed E-state index contributed by atoms with van der Waals surface area (Å²) in [6.45, 7) is 0. The highest BCUT2D eigenvalue weighted by Gasteiger charge is 1.88. The summed E-state index contributed by atoms with van der Waals surface area (Å²) >= 11 is 3.31. The molecule has 2 N–H and O–H groups in total. The maximum absolute atomic E-state index is 10.4. The van der Waals surface area contributed by atoms with Gasteiger partial charge in [-0.15, -0.1) is 0 Å². The Morgan fingerprint density at radius 3 is 2.54 bits per heavy atom. The van der Waals surface area contributed by atoms with Crippen LogP contribution in [0, 0.1) is 11.8 Å². The number of primary amides is 1. The molecule has 0 spiro atoms. The highest BCUT2D eigenvalue weighted by molar-refractivity contribution is 9.10. The molecule has 1 amide bonds. The molecule has 2 nitrogen and oxygen atoms in total. The molecule has 0 saturated carbocycles. The van der Waals surface area contributed by atoms with Gasteiger partial charge in [-0.1, -0.05) is 27.8 Å². The van der Waals surface area contributed by atoms with Gasteiger partial charge in [-0.25, -0.2) is 0 Å². The lowest BCUT2D eigenvalue weighted by molar-refractivity contribution is -0.117. The van der Waals surface area contributed by atoms with Gasteiger partial charge in [0.25, 0.3) is 0 Å². The topological polar surface area (TPSA) is 43.1 Å². The summed E-state index contributed by atoms with van der Waals surface area (Å²) in [6, 6.07) is 7.54. The van der Waals surface area contributed by atoms with Crippen molar-refractivity contribution in [2.45, 2.75) is 6.42 Å². The first-order valence-electron chi connectivity index (χ1n) is 3.71. The highest BCUT2D eigenvalue weighted by atomic mass is 79.9. The van der Waals surface area contributed by atoms with Crippen molar-refractivity contribution >= 4 is 21.8 Å². The molecule has 0 aliphatic heterocycles. The van der Waals surface area contributed by atoms with E-state index in [9.17, 15) is 4.79 Å².